The molecule has 126 valence electrons. The molecule has 1 fully saturated rings. The van der Waals surface area contributed by atoms with Crippen molar-refractivity contribution in [2.24, 2.45) is 5.73 Å². The summed E-state index contributed by atoms with van der Waals surface area (Å²) in [6.07, 6.45) is 5.90. The largest absolute Gasteiger partial charge is 0.481 e. The maximum Gasteiger partial charge on any atom is 0.306 e. The summed E-state index contributed by atoms with van der Waals surface area (Å²) in [4.78, 5) is 34.9. The highest BCUT2D eigenvalue weighted by Gasteiger charge is 2.31. The lowest BCUT2D eigenvalue weighted by atomic mass is 10.1. The molecule has 23 heavy (non-hydrogen) atoms. The van der Waals surface area contributed by atoms with E-state index in [-0.39, 0.29) is 31.8 Å². The molecule has 0 unspecified atom stereocenters. The maximum absolute atomic E-state index is 11.4. The van der Waals surface area contributed by atoms with Crippen LogP contribution in [-0.4, -0.2) is 53.3 Å². The van der Waals surface area contributed by atoms with Gasteiger partial charge in [-0.15, -0.1) is 0 Å². The molecule has 0 aromatic carbocycles. The van der Waals surface area contributed by atoms with Crippen molar-refractivity contribution in [3.05, 3.63) is 23.9 Å². The first-order valence-electron chi connectivity index (χ1n) is 7.41. The number of carboxylic acids is 1. The van der Waals surface area contributed by atoms with Gasteiger partial charge in [-0.25, -0.2) is 0 Å². The minimum absolute atomic E-state index is 0.102. The standard InChI is InChI=1S/C15H20N2O6/c16-15(21)10-2-1-7-17(8-10)12-4-3-11(23-12)9-22-14(20)6-5-13(18)19/h1-2,7,11-12H,3-6,8-9H2,(H2,16,21)(H,18,19)/t11-,12+/m0/s1. The molecule has 2 rings (SSSR count). The normalized spacial score (nSPS) is 23.5. The molecule has 2 aliphatic rings. The molecule has 0 aromatic rings. The molecule has 1 amide bonds. The highest BCUT2D eigenvalue weighted by Crippen LogP contribution is 2.25. The highest BCUT2D eigenvalue weighted by atomic mass is 16.6. The highest BCUT2D eigenvalue weighted by molar-refractivity contribution is 5.92. The first kappa shape index (κ1) is 17.0. The smallest absolute Gasteiger partial charge is 0.306 e. The Labute approximate surface area is 133 Å². The third-order valence-electron chi connectivity index (χ3n) is 3.67. The molecule has 8 nitrogen and oxygen atoms in total. The van der Waals surface area contributed by atoms with Gasteiger partial charge in [0.25, 0.3) is 0 Å². The summed E-state index contributed by atoms with van der Waals surface area (Å²) < 4.78 is 10.8. The van der Waals surface area contributed by atoms with Crippen molar-refractivity contribution in [2.45, 2.75) is 38.0 Å². The number of primary amides is 1. The summed E-state index contributed by atoms with van der Waals surface area (Å²) in [6, 6.07) is 0. The van der Waals surface area contributed by atoms with Crippen LogP contribution in [0.2, 0.25) is 0 Å². The fourth-order valence-electron chi connectivity index (χ4n) is 2.45. The number of hydrogen-bond donors (Lipinski definition) is 2. The number of carbonyl (C=O) groups excluding carboxylic acids is 2. The second kappa shape index (κ2) is 7.77. The Balaban J connectivity index is 1.73. The van der Waals surface area contributed by atoms with Crippen LogP contribution in [0.25, 0.3) is 0 Å². The Morgan fingerprint density at radius 1 is 1.35 bits per heavy atom. The quantitative estimate of drug-likeness (QED) is 0.639. The fourth-order valence-corrected chi connectivity index (χ4v) is 2.45. The maximum atomic E-state index is 11.4. The number of amides is 1. The van der Waals surface area contributed by atoms with Crippen molar-refractivity contribution >= 4 is 17.8 Å². The topological polar surface area (TPSA) is 119 Å². The van der Waals surface area contributed by atoms with Crippen LogP contribution in [0.15, 0.2) is 23.9 Å². The minimum Gasteiger partial charge on any atom is -0.481 e. The summed E-state index contributed by atoms with van der Waals surface area (Å²) in [7, 11) is 0. The molecule has 0 aliphatic carbocycles. The number of hydrogen-bond acceptors (Lipinski definition) is 6. The van der Waals surface area contributed by atoms with Crippen LogP contribution in [-0.2, 0) is 23.9 Å². The zero-order valence-electron chi connectivity index (χ0n) is 12.6. The number of nitrogens with two attached hydrogens (primary N) is 1. The zero-order chi connectivity index (χ0) is 16.8. The molecule has 0 aromatic heterocycles. The predicted octanol–water partition coefficient (Wildman–Crippen LogP) is 0.140. The Bertz CT molecular complexity index is 542. The van der Waals surface area contributed by atoms with Gasteiger partial charge in [0, 0.05) is 11.8 Å². The Morgan fingerprint density at radius 2 is 2.13 bits per heavy atom. The van der Waals surface area contributed by atoms with Gasteiger partial charge in [-0.2, -0.15) is 0 Å². The Morgan fingerprint density at radius 3 is 2.83 bits per heavy atom. The third-order valence-corrected chi connectivity index (χ3v) is 3.67. The van der Waals surface area contributed by atoms with Gasteiger partial charge in [-0.05, 0) is 18.9 Å². The lowest BCUT2D eigenvalue weighted by Crippen LogP contribution is -2.36. The molecule has 2 atom stereocenters. The summed E-state index contributed by atoms with van der Waals surface area (Å²) in [5, 5.41) is 8.50. The van der Waals surface area contributed by atoms with Gasteiger partial charge in [0.1, 0.15) is 12.8 Å². The molecule has 0 bridgehead atoms. The molecule has 2 aliphatic heterocycles. The lowest BCUT2D eigenvalue weighted by Gasteiger charge is -2.29. The predicted molar refractivity (Wildman–Crippen MR) is 78.8 cm³/mol. The van der Waals surface area contributed by atoms with E-state index in [4.69, 9.17) is 20.3 Å². The van der Waals surface area contributed by atoms with Crippen LogP contribution in [0.4, 0.5) is 0 Å². The van der Waals surface area contributed by atoms with Gasteiger partial charge in [-0.1, -0.05) is 6.08 Å². The van der Waals surface area contributed by atoms with E-state index in [9.17, 15) is 14.4 Å². The van der Waals surface area contributed by atoms with Crippen molar-refractivity contribution in [1.82, 2.24) is 4.90 Å². The fraction of sp³-hybridized carbons (Fsp3) is 0.533. The average molecular weight is 324 g/mol. The van der Waals surface area contributed by atoms with Gasteiger partial charge < -0.3 is 25.2 Å². The summed E-state index contributed by atoms with van der Waals surface area (Å²) in [6.45, 7) is 0.493. The van der Waals surface area contributed by atoms with Crippen LogP contribution in [0.5, 0.6) is 0 Å². The molecule has 8 heteroatoms. The molecule has 0 spiro atoms. The summed E-state index contributed by atoms with van der Waals surface area (Å²) >= 11 is 0. The molecule has 2 heterocycles. The number of allylic oxidation sites excluding steroid dienone is 2. The van der Waals surface area contributed by atoms with Crippen LogP contribution in [0, 0.1) is 0 Å². The number of carboxylic acid groups (broad SMARTS) is 1. The van der Waals surface area contributed by atoms with Crippen molar-refractivity contribution in [3.63, 3.8) is 0 Å². The second-order valence-corrected chi connectivity index (χ2v) is 5.44. The van der Waals surface area contributed by atoms with Gasteiger partial charge in [0.2, 0.25) is 5.91 Å². The summed E-state index contributed by atoms with van der Waals surface area (Å²) in [5.74, 6) is -2.04. The van der Waals surface area contributed by atoms with Gasteiger partial charge in [0.15, 0.2) is 0 Å². The minimum atomic E-state index is -1.03. The van der Waals surface area contributed by atoms with E-state index in [0.29, 0.717) is 12.1 Å². The van der Waals surface area contributed by atoms with Crippen LogP contribution < -0.4 is 5.73 Å². The van der Waals surface area contributed by atoms with Crippen LogP contribution in [0.3, 0.4) is 0 Å². The number of carbonyl (C=O) groups is 3. The number of ether oxygens (including phenoxy) is 2. The average Bonchev–Trinajstić information content (AvgIpc) is 3.00. The Hall–Kier alpha value is -2.35. The van der Waals surface area contributed by atoms with Crippen LogP contribution in [0.1, 0.15) is 25.7 Å². The van der Waals surface area contributed by atoms with Crippen molar-refractivity contribution in [1.29, 1.82) is 0 Å². The molecule has 0 saturated carbocycles. The lowest BCUT2D eigenvalue weighted by molar-refractivity contribution is -0.151. The number of nitrogens with zero attached hydrogens (tertiary/aromatic N) is 1. The molecule has 3 N–H and O–H groups in total. The van der Waals surface area contributed by atoms with Crippen molar-refractivity contribution < 1.29 is 29.0 Å². The SMILES string of the molecule is NC(=O)C1=CC=CN([C@H]2CC[C@@H](COC(=O)CCC(=O)O)O2)C1. The first-order valence-corrected chi connectivity index (χ1v) is 7.41. The molecule has 1 saturated heterocycles. The summed E-state index contributed by atoms with van der Waals surface area (Å²) in [5.41, 5.74) is 5.79. The van der Waals surface area contributed by atoms with E-state index in [0.717, 1.165) is 12.8 Å². The van der Waals surface area contributed by atoms with E-state index in [1.807, 2.05) is 11.1 Å². The molecular weight excluding hydrogens is 304 g/mol. The van der Waals surface area contributed by atoms with Gasteiger partial charge in [-0.3, -0.25) is 14.4 Å². The molecular formula is C15H20N2O6. The van der Waals surface area contributed by atoms with E-state index < -0.39 is 17.8 Å². The van der Waals surface area contributed by atoms with E-state index in [2.05, 4.69) is 0 Å². The van der Waals surface area contributed by atoms with Crippen molar-refractivity contribution in [2.75, 3.05) is 13.2 Å². The molecule has 0 radical (unpaired) electrons. The number of rotatable bonds is 7. The Kier molecular flexibility index (Phi) is 5.75. The van der Waals surface area contributed by atoms with Gasteiger partial charge in [0.05, 0.1) is 25.5 Å². The van der Waals surface area contributed by atoms with Crippen molar-refractivity contribution in [3.8, 4) is 0 Å². The number of aliphatic carboxylic acids is 1. The second-order valence-electron chi connectivity index (χ2n) is 5.44. The van der Waals surface area contributed by atoms with E-state index >= 15 is 0 Å². The van der Waals surface area contributed by atoms with Crippen LogP contribution >= 0.6 is 0 Å². The van der Waals surface area contributed by atoms with Gasteiger partial charge >= 0.3 is 11.9 Å². The van der Waals surface area contributed by atoms with E-state index in [1.54, 1.807) is 12.2 Å². The monoisotopic (exact) mass is 324 g/mol. The zero-order valence-corrected chi connectivity index (χ0v) is 12.6. The number of esters is 1. The third kappa shape index (κ3) is 5.10. The van der Waals surface area contributed by atoms with E-state index in [1.165, 1.54) is 0 Å². The first-order chi connectivity index (χ1) is 11.0.